The number of nitrogens with zero attached hydrogens (tertiary/aromatic N) is 1. The highest BCUT2D eigenvalue weighted by Crippen LogP contribution is 2.11. The molecule has 0 radical (unpaired) electrons. The van der Waals surface area contributed by atoms with Gasteiger partial charge < -0.3 is 25.7 Å². The van der Waals surface area contributed by atoms with E-state index < -0.39 is 17.1 Å². The molecule has 0 aliphatic carbocycles. The van der Waals surface area contributed by atoms with Crippen LogP contribution in [0, 0.1) is 10.1 Å². The summed E-state index contributed by atoms with van der Waals surface area (Å²) in [6, 6.07) is 5.61. The minimum absolute atomic E-state index is 0.0681. The van der Waals surface area contributed by atoms with Crippen LogP contribution >= 0.6 is 0 Å². The highest BCUT2D eigenvalue weighted by Gasteiger charge is 2.15. The summed E-state index contributed by atoms with van der Waals surface area (Å²) in [7, 11) is 0. The third-order valence-corrected chi connectivity index (χ3v) is 2.69. The lowest BCUT2D eigenvalue weighted by molar-refractivity contribution is -0.757. The Balaban J connectivity index is 2.13. The Morgan fingerprint density at radius 1 is 1.32 bits per heavy atom. The van der Waals surface area contributed by atoms with Crippen LogP contribution in [0.5, 0.6) is 5.75 Å². The number of phenolic OH excluding ortho intramolecular Hbond substituents is 1. The van der Waals surface area contributed by atoms with Gasteiger partial charge in [0.05, 0.1) is 0 Å². The molecule has 122 valence electrons. The summed E-state index contributed by atoms with van der Waals surface area (Å²) in [5.74, 6) is -0.386. The monoisotopic (exact) mass is 313 g/mol. The second-order valence-corrected chi connectivity index (χ2v) is 4.45. The maximum atomic E-state index is 11.7. The van der Waals surface area contributed by atoms with E-state index in [4.69, 9.17) is 15.6 Å². The summed E-state index contributed by atoms with van der Waals surface area (Å²) < 4.78 is 4.98. The maximum Gasteiger partial charge on any atom is 0.323 e. The van der Waals surface area contributed by atoms with Gasteiger partial charge in [0.1, 0.15) is 25.0 Å². The zero-order valence-corrected chi connectivity index (χ0v) is 11.9. The number of ether oxygens (including phenoxy) is 1. The molecule has 1 aromatic rings. The van der Waals surface area contributed by atoms with E-state index in [2.05, 4.69) is 10.2 Å². The van der Waals surface area contributed by atoms with Crippen LogP contribution in [0.4, 0.5) is 0 Å². The molecule has 0 spiro atoms. The van der Waals surface area contributed by atoms with Crippen molar-refractivity contribution < 1.29 is 24.6 Å². The molecule has 0 amide bonds. The van der Waals surface area contributed by atoms with Crippen LogP contribution in [-0.4, -0.2) is 48.5 Å². The third-order valence-electron chi connectivity index (χ3n) is 2.69. The SMILES string of the molecule is NC(Cc1ccc(O)cc1)C(=O)OCCNCCO[N+](=O)[O-]. The molecule has 9 heteroatoms. The van der Waals surface area contributed by atoms with Crippen LogP contribution in [-0.2, 0) is 20.8 Å². The molecule has 1 rings (SSSR count). The molecule has 0 fully saturated rings. The molecule has 0 heterocycles. The number of phenols is 1. The van der Waals surface area contributed by atoms with Crippen LogP contribution in [0.25, 0.3) is 0 Å². The molecular formula is C13H19N3O6. The lowest BCUT2D eigenvalue weighted by Crippen LogP contribution is -2.36. The lowest BCUT2D eigenvalue weighted by Gasteiger charge is -2.12. The highest BCUT2D eigenvalue weighted by molar-refractivity contribution is 5.75. The first-order chi connectivity index (χ1) is 10.5. The van der Waals surface area contributed by atoms with E-state index in [1.54, 1.807) is 12.1 Å². The van der Waals surface area contributed by atoms with Crippen molar-refractivity contribution in [2.45, 2.75) is 12.5 Å². The van der Waals surface area contributed by atoms with Gasteiger partial charge in [-0.3, -0.25) is 4.79 Å². The first-order valence-electron chi connectivity index (χ1n) is 6.67. The van der Waals surface area contributed by atoms with Crippen molar-refractivity contribution in [3.8, 4) is 5.75 Å². The fraction of sp³-hybridized carbons (Fsp3) is 0.462. The predicted molar refractivity (Wildman–Crippen MR) is 76.6 cm³/mol. The van der Waals surface area contributed by atoms with Crippen LogP contribution in [0.2, 0.25) is 0 Å². The number of carbonyl (C=O) groups is 1. The minimum Gasteiger partial charge on any atom is -0.508 e. The summed E-state index contributed by atoms with van der Waals surface area (Å²) in [5, 5.41) is 21.0. The Labute approximate surface area is 127 Å². The molecule has 1 atom stereocenters. The van der Waals surface area contributed by atoms with Gasteiger partial charge in [-0.1, -0.05) is 12.1 Å². The van der Waals surface area contributed by atoms with Gasteiger partial charge >= 0.3 is 5.97 Å². The summed E-state index contributed by atoms with van der Waals surface area (Å²) >= 11 is 0. The van der Waals surface area contributed by atoms with Crippen molar-refractivity contribution in [3.63, 3.8) is 0 Å². The number of aromatic hydroxyl groups is 1. The minimum atomic E-state index is -0.871. The number of hydrogen-bond donors (Lipinski definition) is 3. The van der Waals surface area contributed by atoms with E-state index in [9.17, 15) is 14.9 Å². The van der Waals surface area contributed by atoms with E-state index in [0.717, 1.165) is 5.56 Å². The Morgan fingerprint density at radius 2 is 1.95 bits per heavy atom. The Hall–Kier alpha value is -2.39. The molecule has 0 aliphatic rings. The van der Waals surface area contributed by atoms with E-state index in [-0.39, 0.29) is 25.5 Å². The summed E-state index contributed by atoms with van der Waals surface area (Å²) in [6.45, 7) is 0.665. The quantitative estimate of drug-likeness (QED) is 0.230. The topological polar surface area (TPSA) is 137 Å². The van der Waals surface area contributed by atoms with Gasteiger partial charge in [-0.15, -0.1) is 10.1 Å². The van der Waals surface area contributed by atoms with E-state index in [1.165, 1.54) is 12.1 Å². The van der Waals surface area contributed by atoms with Crippen molar-refractivity contribution in [2.75, 3.05) is 26.3 Å². The lowest BCUT2D eigenvalue weighted by atomic mass is 10.1. The summed E-state index contributed by atoms with van der Waals surface area (Å²) in [4.78, 5) is 25.6. The van der Waals surface area contributed by atoms with Gasteiger partial charge in [0.25, 0.3) is 5.09 Å². The molecule has 0 saturated heterocycles. The van der Waals surface area contributed by atoms with Crippen molar-refractivity contribution >= 4 is 5.97 Å². The highest BCUT2D eigenvalue weighted by atomic mass is 16.9. The second-order valence-electron chi connectivity index (χ2n) is 4.45. The smallest absolute Gasteiger partial charge is 0.323 e. The number of hydrogen-bond acceptors (Lipinski definition) is 8. The summed E-state index contributed by atoms with van der Waals surface area (Å²) in [5.41, 5.74) is 6.55. The number of rotatable bonds is 10. The van der Waals surface area contributed by atoms with Crippen molar-refractivity contribution in [3.05, 3.63) is 39.9 Å². The molecule has 0 bridgehead atoms. The predicted octanol–water partition coefficient (Wildman–Crippen LogP) is -0.397. The number of nitrogens with one attached hydrogen (secondary N) is 1. The van der Waals surface area contributed by atoms with Crippen LogP contribution in [0.15, 0.2) is 24.3 Å². The number of carbonyl (C=O) groups excluding carboxylic acids is 1. The second kappa shape index (κ2) is 9.53. The Kier molecular flexibility index (Phi) is 7.65. The number of benzene rings is 1. The standard InChI is InChI=1S/C13H19N3O6/c14-12(9-10-1-3-11(17)4-2-10)13(18)21-7-5-15-6-8-22-16(19)20/h1-4,12,15,17H,5-9,14H2. The van der Waals surface area contributed by atoms with Gasteiger partial charge in [-0.2, -0.15) is 0 Å². The molecule has 22 heavy (non-hydrogen) atoms. The van der Waals surface area contributed by atoms with Gasteiger partial charge in [-0.05, 0) is 24.1 Å². The molecule has 0 saturated carbocycles. The molecule has 4 N–H and O–H groups in total. The van der Waals surface area contributed by atoms with Gasteiger partial charge in [0.2, 0.25) is 0 Å². The van der Waals surface area contributed by atoms with Gasteiger partial charge in [-0.25, -0.2) is 0 Å². The molecule has 0 aliphatic heterocycles. The number of esters is 1. The van der Waals surface area contributed by atoms with Crippen molar-refractivity contribution in [1.29, 1.82) is 0 Å². The van der Waals surface area contributed by atoms with Crippen LogP contribution in [0.3, 0.4) is 0 Å². The molecule has 9 nitrogen and oxygen atoms in total. The van der Waals surface area contributed by atoms with E-state index >= 15 is 0 Å². The zero-order valence-electron chi connectivity index (χ0n) is 11.9. The van der Waals surface area contributed by atoms with Crippen molar-refractivity contribution in [1.82, 2.24) is 5.32 Å². The fourth-order valence-corrected chi connectivity index (χ4v) is 1.62. The first kappa shape index (κ1) is 17.7. The Bertz CT molecular complexity index is 479. The first-order valence-corrected chi connectivity index (χ1v) is 6.67. The van der Waals surface area contributed by atoms with Crippen LogP contribution < -0.4 is 11.1 Å². The fourth-order valence-electron chi connectivity index (χ4n) is 1.62. The average Bonchev–Trinajstić information content (AvgIpc) is 2.48. The van der Waals surface area contributed by atoms with Gasteiger partial charge in [0.15, 0.2) is 0 Å². The number of nitrogens with two attached hydrogens (primary N) is 1. The average molecular weight is 313 g/mol. The molecule has 1 aromatic carbocycles. The van der Waals surface area contributed by atoms with Gasteiger partial charge in [0, 0.05) is 13.1 Å². The maximum absolute atomic E-state index is 11.7. The van der Waals surface area contributed by atoms with E-state index in [1.807, 2.05) is 0 Å². The third kappa shape index (κ3) is 7.41. The molecular weight excluding hydrogens is 294 g/mol. The van der Waals surface area contributed by atoms with Crippen LogP contribution in [0.1, 0.15) is 5.56 Å². The molecule has 1 unspecified atom stereocenters. The molecule has 0 aromatic heterocycles. The summed E-state index contributed by atoms with van der Waals surface area (Å²) in [6.07, 6.45) is 0.309. The largest absolute Gasteiger partial charge is 0.508 e. The van der Waals surface area contributed by atoms with E-state index in [0.29, 0.717) is 13.0 Å². The van der Waals surface area contributed by atoms with Crippen molar-refractivity contribution in [2.24, 2.45) is 5.73 Å². The normalized spacial score (nSPS) is 11.7. The Morgan fingerprint density at radius 3 is 2.59 bits per heavy atom. The zero-order chi connectivity index (χ0) is 16.4.